The Morgan fingerprint density at radius 3 is 2.71 bits per heavy atom. The molecule has 6 heteroatoms. The number of carbonyl (C=O) groups is 1. The van der Waals surface area contributed by atoms with Gasteiger partial charge in [0.15, 0.2) is 0 Å². The lowest BCUT2D eigenvalue weighted by Gasteiger charge is -2.15. The number of hydrogen-bond donors (Lipinski definition) is 1. The zero-order valence-corrected chi connectivity index (χ0v) is 13.5. The third-order valence-electron chi connectivity index (χ3n) is 3.82. The van der Waals surface area contributed by atoms with Crippen LogP contribution in [-0.2, 0) is 11.2 Å². The smallest absolute Gasteiger partial charge is 0.220 e. The van der Waals surface area contributed by atoms with Crippen LogP contribution in [0.15, 0.2) is 61.4 Å². The molecule has 1 aromatic carbocycles. The molecule has 1 unspecified atom stereocenters. The van der Waals surface area contributed by atoms with Crippen LogP contribution in [0.5, 0.6) is 0 Å². The normalized spacial score (nSPS) is 11.9. The van der Waals surface area contributed by atoms with Gasteiger partial charge in [-0.25, -0.2) is 9.67 Å². The molecule has 3 aromatic rings. The first kappa shape index (κ1) is 15.9. The summed E-state index contributed by atoms with van der Waals surface area (Å²) >= 11 is 0. The molecule has 6 nitrogen and oxygen atoms in total. The Balaban J connectivity index is 1.54. The first-order valence-corrected chi connectivity index (χ1v) is 7.85. The fourth-order valence-electron chi connectivity index (χ4n) is 2.46. The van der Waals surface area contributed by atoms with Gasteiger partial charge in [-0.1, -0.05) is 18.2 Å². The highest BCUT2D eigenvalue weighted by molar-refractivity contribution is 5.76. The average molecular weight is 321 g/mol. The summed E-state index contributed by atoms with van der Waals surface area (Å²) in [6.45, 7) is 1.98. The monoisotopic (exact) mass is 321 g/mol. The Hall–Kier alpha value is -3.02. The second-order valence-electron chi connectivity index (χ2n) is 5.58. The van der Waals surface area contributed by atoms with Crippen molar-refractivity contribution >= 4 is 5.91 Å². The van der Waals surface area contributed by atoms with Gasteiger partial charge < -0.3 is 5.32 Å². The summed E-state index contributed by atoms with van der Waals surface area (Å²) in [7, 11) is 0. The number of aryl methyl sites for hydroxylation is 1. The summed E-state index contributed by atoms with van der Waals surface area (Å²) in [5, 5.41) is 7.12. The fraction of sp³-hybridized carbons (Fsp3) is 0.222. The highest BCUT2D eigenvalue weighted by Crippen LogP contribution is 2.15. The lowest BCUT2D eigenvalue weighted by atomic mass is 10.1. The van der Waals surface area contributed by atoms with Crippen molar-refractivity contribution in [3.05, 3.63) is 72.6 Å². The van der Waals surface area contributed by atoms with Gasteiger partial charge in [-0.2, -0.15) is 5.10 Å². The van der Waals surface area contributed by atoms with E-state index in [2.05, 4.69) is 20.4 Å². The van der Waals surface area contributed by atoms with Crippen molar-refractivity contribution in [3.63, 3.8) is 0 Å². The van der Waals surface area contributed by atoms with E-state index >= 15 is 0 Å². The summed E-state index contributed by atoms with van der Waals surface area (Å²) in [5.74, 6) is 0.0340. The topological polar surface area (TPSA) is 72.7 Å². The van der Waals surface area contributed by atoms with E-state index in [1.54, 1.807) is 23.4 Å². The molecule has 1 N–H and O–H groups in total. The van der Waals surface area contributed by atoms with Gasteiger partial charge in [-0.15, -0.1) is 0 Å². The second kappa shape index (κ2) is 7.50. The van der Waals surface area contributed by atoms with Gasteiger partial charge in [-0.3, -0.25) is 9.78 Å². The van der Waals surface area contributed by atoms with Crippen LogP contribution in [0.2, 0.25) is 0 Å². The number of benzene rings is 1. The van der Waals surface area contributed by atoms with Crippen molar-refractivity contribution < 1.29 is 4.79 Å². The minimum atomic E-state index is -0.0452. The van der Waals surface area contributed by atoms with Crippen LogP contribution in [0.1, 0.15) is 30.5 Å². The number of aromatic nitrogens is 4. The van der Waals surface area contributed by atoms with Gasteiger partial charge in [0.05, 0.1) is 11.7 Å². The van der Waals surface area contributed by atoms with E-state index in [0.29, 0.717) is 12.8 Å². The van der Waals surface area contributed by atoms with Crippen LogP contribution in [0.3, 0.4) is 0 Å². The number of hydrogen-bond acceptors (Lipinski definition) is 4. The summed E-state index contributed by atoms with van der Waals surface area (Å²) in [6, 6.07) is 11.7. The highest BCUT2D eigenvalue weighted by Gasteiger charge is 2.10. The Labute approximate surface area is 140 Å². The zero-order chi connectivity index (χ0) is 16.8. The molecule has 0 aliphatic carbocycles. The molecule has 24 heavy (non-hydrogen) atoms. The Morgan fingerprint density at radius 1 is 1.21 bits per heavy atom. The molecule has 3 rings (SSSR count). The maximum absolute atomic E-state index is 12.1. The third-order valence-corrected chi connectivity index (χ3v) is 3.82. The maximum atomic E-state index is 12.1. The van der Waals surface area contributed by atoms with Crippen LogP contribution in [0, 0.1) is 0 Å². The molecule has 0 saturated heterocycles. The predicted molar refractivity (Wildman–Crippen MR) is 90.5 cm³/mol. The van der Waals surface area contributed by atoms with E-state index in [4.69, 9.17) is 0 Å². The van der Waals surface area contributed by atoms with Crippen LogP contribution in [-0.4, -0.2) is 25.7 Å². The molecule has 122 valence electrons. The largest absolute Gasteiger partial charge is 0.350 e. The first-order chi connectivity index (χ1) is 11.7. The van der Waals surface area contributed by atoms with Gasteiger partial charge in [0, 0.05) is 18.8 Å². The van der Waals surface area contributed by atoms with Crippen molar-refractivity contribution in [2.24, 2.45) is 0 Å². The van der Waals surface area contributed by atoms with Gasteiger partial charge in [0.25, 0.3) is 0 Å². The van der Waals surface area contributed by atoms with Gasteiger partial charge in [0.1, 0.15) is 12.7 Å². The number of pyridine rings is 1. The molecule has 0 aliphatic rings. The van der Waals surface area contributed by atoms with Crippen molar-refractivity contribution in [1.82, 2.24) is 25.1 Å². The van der Waals surface area contributed by atoms with Crippen LogP contribution >= 0.6 is 0 Å². The number of nitrogens with one attached hydrogen (secondary N) is 1. The number of nitrogens with zero attached hydrogens (tertiary/aromatic N) is 4. The standard InChI is InChI=1S/C18H19N5O/c1-14(22-18(24)9-4-15-3-2-10-19-11-15)16-5-7-17(8-6-16)23-13-20-12-21-23/h2-3,5-8,10-14H,4,9H2,1H3,(H,22,24). The number of rotatable bonds is 6. The highest BCUT2D eigenvalue weighted by atomic mass is 16.1. The SMILES string of the molecule is CC(NC(=O)CCc1cccnc1)c1ccc(-n2cncn2)cc1. The van der Waals surface area contributed by atoms with Gasteiger partial charge in [-0.05, 0) is 42.7 Å². The molecular formula is C18H19N5O. The van der Waals surface area contributed by atoms with Crippen molar-refractivity contribution in [3.8, 4) is 5.69 Å². The number of amides is 1. The molecule has 0 saturated carbocycles. The van der Waals surface area contributed by atoms with E-state index in [1.807, 2.05) is 43.3 Å². The van der Waals surface area contributed by atoms with Gasteiger partial charge >= 0.3 is 0 Å². The van der Waals surface area contributed by atoms with Crippen molar-refractivity contribution in [2.45, 2.75) is 25.8 Å². The van der Waals surface area contributed by atoms with Crippen LogP contribution in [0.25, 0.3) is 5.69 Å². The van der Waals surface area contributed by atoms with Crippen molar-refractivity contribution in [2.75, 3.05) is 0 Å². The molecule has 1 atom stereocenters. The average Bonchev–Trinajstić information content (AvgIpc) is 3.16. The minimum absolute atomic E-state index is 0.0340. The molecule has 2 heterocycles. The molecule has 0 aliphatic heterocycles. The minimum Gasteiger partial charge on any atom is -0.350 e. The van der Waals surface area contributed by atoms with E-state index in [1.165, 1.54) is 6.33 Å². The zero-order valence-electron chi connectivity index (χ0n) is 13.5. The Morgan fingerprint density at radius 2 is 2.04 bits per heavy atom. The second-order valence-corrected chi connectivity index (χ2v) is 5.58. The Kier molecular flexibility index (Phi) is 4.96. The maximum Gasteiger partial charge on any atom is 0.220 e. The van der Waals surface area contributed by atoms with E-state index < -0.39 is 0 Å². The molecule has 2 aromatic heterocycles. The molecule has 1 amide bonds. The van der Waals surface area contributed by atoms with E-state index in [9.17, 15) is 4.79 Å². The van der Waals surface area contributed by atoms with E-state index in [0.717, 1.165) is 16.8 Å². The lowest BCUT2D eigenvalue weighted by molar-refractivity contribution is -0.121. The summed E-state index contributed by atoms with van der Waals surface area (Å²) in [4.78, 5) is 20.1. The predicted octanol–water partition coefficient (Wildman–Crippen LogP) is 2.47. The molecule has 0 bridgehead atoms. The van der Waals surface area contributed by atoms with E-state index in [-0.39, 0.29) is 11.9 Å². The lowest BCUT2D eigenvalue weighted by Crippen LogP contribution is -2.26. The quantitative estimate of drug-likeness (QED) is 0.757. The molecule has 0 radical (unpaired) electrons. The van der Waals surface area contributed by atoms with Crippen molar-refractivity contribution in [1.29, 1.82) is 0 Å². The van der Waals surface area contributed by atoms with Gasteiger partial charge in [0.2, 0.25) is 5.91 Å². The first-order valence-electron chi connectivity index (χ1n) is 7.85. The third kappa shape index (κ3) is 4.04. The molecule has 0 spiro atoms. The number of carbonyl (C=O) groups excluding carboxylic acids is 1. The Bertz CT molecular complexity index is 769. The molecular weight excluding hydrogens is 302 g/mol. The van der Waals surface area contributed by atoms with Crippen LogP contribution in [0.4, 0.5) is 0 Å². The summed E-state index contributed by atoms with van der Waals surface area (Å²) < 4.78 is 1.70. The summed E-state index contributed by atoms with van der Waals surface area (Å²) in [5.41, 5.74) is 3.05. The molecule has 0 fully saturated rings. The summed E-state index contributed by atoms with van der Waals surface area (Å²) in [6.07, 6.45) is 7.82. The fourth-order valence-corrected chi connectivity index (χ4v) is 2.46. The van der Waals surface area contributed by atoms with Crippen LogP contribution < -0.4 is 5.32 Å².